The summed E-state index contributed by atoms with van der Waals surface area (Å²) in [5, 5.41) is 0. The highest BCUT2D eigenvalue weighted by Crippen LogP contribution is 2.32. The highest BCUT2D eigenvalue weighted by atomic mass is 32.2. The molecular formula is C21H24N4O3S. The van der Waals surface area contributed by atoms with Gasteiger partial charge in [0, 0.05) is 18.2 Å². The Bertz CT molecular complexity index is 1120. The fraction of sp³-hybridized carbons (Fsp3) is 0.333. The number of hydrogen-bond donors (Lipinski definition) is 2. The number of para-hydroxylation sites is 2. The Morgan fingerprint density at radius 1 is 1.21 bits per heavy atom. The lowest BCUT2D eigenvalue weighted by Crippen LogP contribution is -2.32. The maximum atomic E-state index is 13.2. The number of rotatable bonds is 5. The van der Waals surface area contributed by atoms with Gasteiger partial charge in [0.15, 0.2) is 0 Å². The van der Waals surface area contributed by atoms with Crippen LogP contribution in [0.4, 0.5) is 0 Å². The van der Waals surface area contributed by atoms with E-state index in [1.54, 1.807) is 30.9 Å². The Morgan fingerprint density at radius 3 is 2.76 bits per heavy atom. The Hall–Kier alpha value is -2.71. The van der Waals surface area contributed by atoms with E-state index < -0.39 is 10.0 Å². The van der Waals surface area contributed by atoms with Crippen LogP contribution in [0.1, 0.15) is 48.9 Å². The van der Waals surface area contributed by atoms with E-state index in [4.69, 9.17) is 0 Å². The van der Waals surface area contributed by atoms with Gasteiger partial charge in [-0.3, -0.25) is 4.79 Å². The van der Waals surface area contributed by atoms with Gasteiger partial charge < -0.3 is 9.88 Å². The van der Waals surface area contributed by atoms with Crippen LogP contribution in [0.2, 0.25) is 0 Å². The summed E-state index contributed by atoms with van der Waals surface area (Å²) in [5.41, 5.74) is 2.17. The first kappa shape index (κ1) is 19.6. The fourth-order valence-electron chi connectivity index (χ4n) is 3.76. The van der Waals surface area contributed by atoms with Crippen LogP contribution in [-0.4, -0.2) is 41.8 Å². The van der Waals surface area contributed by atoms with Crippen molar-refractivity contribution >= 4 is 27.0 Å². The number of aromatic nitrogens is 2. The fourth-order valence-corrected chi connectivity index (χ4v) is 5.06. The lowest BCUT2D eigenvalue weighted by molar-refractivity contribution is 0.0730. The molecule has 0 bridgehead atoms. The predicted octanol–water partition coefficient (Wildman–Crippen LogP) is 3.23. The number of nitrogens with zero attached hydrogens (tertiary/aromatic N) is 2. The molecule has 29 heavy (non-hydrogen) atoms. The second-order valence-corrected chi connectivity index (χ2v) is 9.31. The van der Waals surface area contributed by atoms with Crippen molar-refractivity contribution in [3.05, 3.63) is 59.9 Å². The number of likely N-dealkylation sites (tertiary alicyclic amines) is 1. The van der Waals surface area contributed by atoms with Crippen molar-refractivity contribution in [3.8, 4) is 0 Å². The van der Waals surface area contributed by atoms with Crippen LogP contribution in [0.3, 0.4) is 0 Å². The standard InChI is InChI=1S/C21H24N4O3S/c1-14(2)24-29(27,28)16-8-5-7-15(13-16)21(26)25-12-6-11-19(25)20-22-17-9-3-4-10-18(17)23-20/h3-5,7-10,13-14,19,24H,6,11-12H2,1-2H3,(H,22,23). The summed E-state index contributed by atoms with van der Waals surface area (Å²) < 4.78 is 27.5. The molecule has 1 amide bonds. The van der Waals surface area contributed by atoms with E-state index in [2.05, 4.69) is 14.7 Å². The van der Waals surface area contributed by atoms with Crippen molar-refractivity contribution in [2.24, 2.45) is 0 Å². The van der Waals surface area contributed by atoms with Crippen LogP contribution in [0.25, 0.3) is 11.0 Å². The van der Waals surface area contributed by atoms with E-state index in [0.29, 0.717) is 12.1 Å². The molecule has 0 aliphatic carbocycles. The molecule has 0 radical (unpaired) electrons. The molecule has 0 spiro atoms. The van der Waals surface area contributed by atoms with Crippen molar-refractivity contribution in [1.82, 2.24) is 19.6 Å². The number of benzene rings is 2. The zero-order valence-electron chi connectivity index (χ0n) is 16.4. The first-order valence-electron chi connectivity index (χ1n) is 9.73. The van der Waals surface area contributed by atoms with Crippen LogP contribution >= 0.6 is 0 Å². The minimum Gasteiger partial charge on any atom is -0.340 e. The Balaban J connectivity index is 1.62. The zero-order valence-corrected chi connectivity index (χ0v) is 17.2. The number of amides is 1. The van der Waals surface area contributed by atoms with E-state index in [1.807, 2.05) is 24.3 Å². The van der Waals surface area contributed by atoms with E-state index >= 15 is 0 Å². The summed E-state index contributed by atoms with van der Waals surface area (Å²) in [4.78, 5) is 23.1. The number of nitrogens with one attached hydrogen (secondary N) is 2. The maximum absolute atomic E-state index is 13.2. The topological polar surface area (TPSA) is 95.2 Å². The molecule has 2 heterocycles. The Morgan fingerprint density at radius 2 is 2.00 bits per heavy atom. The SMILES string of the molecule is CC(C)NS(=O)(=O)c1cccc(C(=O)N2CCCC2c2nc3ccccc3[nH]2)c1. The van der Waals surface area contributed by atoms with E-state index in [-0.39, 0.29) is 22.9 Å². The quantitative estimate of drug-likeness (QED) is 0.673. The Labute approximate surface area is 170 Å². The molecule has 1 aliphatic heterocycles. The highest BCUT2D eigenvalue weighted by Gasteiger charge is 2.33. The number of sulfonamides is 1. The molecule has 1 atom stereocenters. The molecule has 7 nitrogen and oxygen atoms in total. The third kappa shape index (κ3) is 3.90. The first-order valence-corrected chi connectivity index (χ1v) is 11.2. The number of H-pyrrole nitrogens is 1. The van der Waals surface area contributed by atoms with E-state index in [9.17, 15) is 13.2 Å². The lowest BCUT2D eigenvalue weighted by atomic mass is 10.1. The highest BCUT2D eigenvalue weighted by molar-refractivity contribution is 7.89. The molecule has 1 aromatic heterocycles. The number of imidazole rings is 1. The third-order valence-corrected chi connectivity index (χ3v) is 6.68. The van der Waals surface area contributed by atoms with Gasteiger partial charge in [-0.15, -0.1) is 0 Å². The van der Waals surface area contributed by atoms with Crippen molar-refractivity contribution < 1.29 is 13.2 Å². The third-order valence-electron chi connectivity index (χ3n) is 5.02. The molecule has 4 rings (SSSR count). The number of carbonyl (C=O) groups is 1. The van der Waals surface area contributed by atoms with Crippen LogP contribution in [0, 0.1) is 0 Å². The second kappa shape index (κ2) is 7.61. The van der Waals surface area contributed by atoms with Gasteiger partial charge >= 0.3 is 0 Å². The molecule has 2 aromatic carbocycles. The average molecular weight is 413 g/mol. The van der Waals surface area contributed by atoms with E-state index in [1.165, 1.54) is 12.1 Å². The van der Waals surface area contributed by atoms with Gasteiger partial charge in [-0.05, 0) is 57.0 Å². The predicted molar refractivity (Wildman–Crippen MR) is 111 cm³/mol. The molecule has 1 fully saturated rings. The summed E-state index contributed by atoms with van der Waals surface area (Å²) in [6.45, 7) is 4.13. The Kier molecular flexibility index (Phi) is 5.14. The maximum Gasteiger partial charge on any atom is 0.254 e. The van der Waals surface area contributed by atoms with Gasteiger partial charge in [0.05, 0.1) is 22.0 Å². The van der Waals surface area contributed by atoms with Crippen LogP contribution in [0.5, 0.6) is 0 Å². The summed E-state index contributed by atoms with van der Waals surface area (Å²) in [6, 6.07) is 13.6. The van der Waals surface area contributed by atoms with E-state index in [0.717, 1.165) is 29.7 Å². The molecule has 8 heteroatoms. The van der Waals surface area contributed by atoms with Gasteiger partial charge in [0.25, 0.3) is 5.91 Å². The van der Waals surface area contributed by atoms with Gasteiger partial charge in [-0.25, -0.2) is 18.1 Å². The van der Waals surface area contributed by atoms with Crippen LogP contribution in [0.15, 0.2) is 53.4 Å². The van der Waals surface area contributed by atoms with Crippen molar-refractivity contribution in [3.63, 3.8) is 0 Å². The largest absolute Gasteiger partial charge is 0.340 e. The molecule has 1 saturated heterocycles. The number of fused-ring (bicyclic) bond motifs is 1. The van der Waals surface area contributed by atoms with Crippen molar-refractivity contribution in [1.29, 1.82) is 0 Å². The molecule has 1 aliphatic rings. The summed E-state index contributed by atoms with van der Waals surface area (Å²) in [6.07, 6.45) is 1.69. The molecule has 3 aromatic rings. The monoisotopic (exact) mass is 412 g/mol. The number of aromatic amines is 1. The molecular weight excluding hydrogens is 388 g/mol. The molecule has 0 saturated carbocycles. The molecule has 152 valence electrons. The minimum absolute atomic E-state index is 0.0940. The van der Waals surface area contributed by atoms with Gasteiger partial charge in [0.2, 0.25) is 10.0 Å². The van der Waals surface area contributed by atoms with Crippen molar-refractivity contribution in [2.45, 2.75) is 43.7 Å². The smallest absolute Gasteiger partial charge is 0.254 e. The second-order valence-electron chi connectivity index (χ2n) is 7.60. The number of carbonyl (C=O) groups excluding carboxylic acids is 1. The molecule has 2 N–H and O–H groups in total. The summed E-state index contributed by atoms with van der Waals surface area (Å²) >= 11 is 0. The van der Waals surface area contributed by atoms with Crippen LogP contribution < -0.4 is 4.72 Å². The minimum atomic E-state index is -3.66. The zero-order chi connectivity index (χ0) is 20.6. The molecule has 1 unspecified atom stereocenters. The summed E-state index contributed by atoms with van der Waals surface area (Å²) in [5.74, 6) is 0.580. The average Bonchev–Trinajstić information content (AvgIpc) is 3.33. The van der Waals surface area contributed by atoms with Gasteiger partial charge in [0.1, 0.15) is 5.82 Å². The first-order chi connectivity index (χ1) is 13.8. The normalized spacial score (nSPS) is 17.3. The summed E-state index contributed by atoms with van der Waals surface area (Å²) in [7, 11) is -3.66. The van der Waals surface area contributed by atoms with Gasteiger partial charge in [-0.1, -0.05) is 18.2 Å². The van der Waals surface area contributed by atoms with Gasteiger partial charge in [-0.2, -0.15) is 0 Å². The van der Waals surface area contributed by atoms with Crippen molar-refractivity contribution in [2.75, 3.05) is 6.54 Å². The lowest BCUT2D eigenvalue weighted by Gasteiger charge is -2.23. The van der Waals surface area contributed by atoms with Crippen LogP contribution in [-0.2, 0) is 10.0 Å². The number of hydrogen-bond acceptors (Lipinski definition) is 4.